The Morgan fingerprint density at radius 3 is 1.83 bits per heavy atom. The van der Waals surface area contributed by atoms with Gasteiger partial charge in [0.2, 0.25) is 0 Å². The minimum atomic E-state index is -1.97. The summed E-state index contributed by atoms with van der Waals surface area (Å²) in [5, 5.41) is 42.0. The molecule has 0 aliphatic rings. The van der Waals surface area contributed by atoms with Gasteiger partial charge in [-0.15, -0.1) is 0 Å². The van der Waals surface area contributed by atoms with E-state index in [0.717, 1.165) is 0 Å². The summed E-state index contributed by atoms with van der Waals surface area (Å²) in [7, 11) is 1.23. The Hall–Kier alpha value is -1.22. The normalized spacial score (nSPS) is 17.4. The third-order valence-corrected chi connectivity index (χ3v) is 2.33. The number of aliphatic hydroxyl groups excluding tert-OH is 4. The molecular weight excluding hydrogens is 244 g/mol. The van der Waals surface area contributed by atoms with Gasteiger partial charge in [0.25, 0.3) is 11.8 Å². The molecule has 0 saturated carbocycles. The fraction of sp³-hybridized carbons (Fsp3) is 0.800. The van der Waals surface area contributed by atoms with Crippen LogP contribution >= 0.6 is 0 Å². The van der Waals surface area contributed by atoms with Crippen LogP contribution in [0, 0.1) is 0 Å². The van der Waals surface area contributed by atoms with E-state index >= 15 is 0 Å². The number of likely N-dealkylation sites (N-methyl/N-ethyl adjacent to an activating group) is 1. The van der Waals surface area contributed by atoms with E-state index < -0.39 is 36.2 Å². The van der Waals surface area contributed by atoms with E-state index in [9.17, 15) is 30.0 Å². The first kappa shape index (κ1) is 16.8. The van der Waals surface area contributed by atoms with E-state index in [1.165, 1.54) is 7.05 Å². The summed E-state index contributed by atoms with van der Waals surface area (Å²) >= 11 is 0. The van der Waals surface area contributed by atoms with Crippen molar-refractivity contribution in [2.45, 2.75) is 37.8 Å². The van der Waals surface area contributed by atoms with E-state index in [4.69, 9.17) is 0 Å². The quantitative estimate of drug-likeness (QED) is 0.285. The standard InChI is InChI=1S/C10H20N2O6/c1-3-4-12-10(18)8(16)6(14)5(13)7(15)9(17)11-2/h5-8,13-16H,3-4H2,1-2H3,(H,11,17)(H,12,18)/t5-,6+,7+,8-/m0/s1. The number of amides is 2. The van der Waals surface area contributed by atoms with Crippen LogP contribution in [0.25, 0.3) is 0 Å². The average Bonchev–Trinajstić information content (AvgIpc) is 2.40. The van der Waals surface area contributed by atoms with Gasteiger partial charge in [-0.2, -0.15) is 0 Å². The first-order chi connectivity index (χ1) is 8.36. The fourth-order valence-corrected chi connectivity index (χ4v) is 1.18. The number of nitrogens with one attached hydrogen (secondary N) is 2. The summed E-state index contributed by atoms with van der Waals surface area (Å²) in [6.45, 7) is 2.10. The Morgan fingerprint density at radius 1 is 1.00 bits per heavy atom. The second-order valence-electron chi connectivity index (χ2n) is 3.78. The highest BCUT2D eigenvalue weighted by molar-refractivity contribution is 5.83. The smallest absolute Gasteiger partial charge is 0.251 e. The third kappa shape index (κ3) is 4.57. The zero-order chi connectivity index (χ0) is 14.3. The summed E-state index contributed by atoms with van der Waals surface area (Å²) in [6, 6.07) is 0. The maximum absolute atomic E-state index is 11.3. The Balaban J connectivity index is 4.48. The number of carbonyl (C=O) groups excluding carboxylic acids is 2. The molecule has 6 N–H and O–H groups in total. The highest BCUT2D eigenvalue weighted by Crippen LogP contribution is 2.05. The van der Waals surface area contributed by atoms with Crippen molar-refractivity contribution in [2.75, 3.05) is 13.6 Å². The lowest BCUT2D eigenvalue weighted by atomic mass is 10.0. The van der Waals surface area contributed by atoms with Crippen molar-refractivity contribution in [1.82, 2.24) is 10.6 Å². The van der Waals surface area contributed by atoms with Crippen molar-refractivity contribution in [3.8, 4) is 0 Å². The highest BCUT2D eigenvalue weighted by Gasteiger charge is 2.36. The largest absolute Gasteiger partial charge is 0.387 e. The Labute approximate surface area is 105 Å². The lowest BCUT2D eigenvalue weighted by molar-refractivity contribution is -0.155. The molecule has 4 atom stereocenters. The summed E-state index contributed by atoms with van der Waals surface area (Å²) in [5.41, 5.74) is 0. The van der Waals surface area contributed by atoms with Gasteiger partial charge >= 0.3 is 0 Å². The SMILES string of the molecule is CCCNC(=O)[C@@H](O)[C@H](O)[C@H](O)[C@@H](O)C(=O)NC. The van der Waals surface area contributed by atoms with Crippen LogP contribution in [-0.4, -0.2) is 70.2 Å². The number of carbonyl (C=O) groups is 2. The second kappa shape index (κ2) is 7.98. The van der Waals surface area contributed by atoms with Gasteiger partial charge in [-0.05, 0) is 6.42 Å². The van der Waals surface area contributed by atoms with Gasteiger partial charge in [-0.3, -0.25) is 9.59 Å². The van der Waals surface area contributed by atoms with Crippen LogP contribution in [0.1, 0.15) is 13.3 Å². The number of hydrogen-bond donors (Lipinski definition) is 6. The number of rotatable bonds is 7. The van der Waals surface area contributed by atoms with Gasteiger partial charge < -0.3 is 31.1 Å². The van der Waals surface area contributed by atoms with Crippen molar-refractivity contribution in [3.63, 3.8) is 0 Å². The minimum Gasteiger partial charge on any atom is -0.387 e. The van der Waals surface area contributed by atoms with Crippen molar-refractivity contribution >= 4 is 11.8 Å². The lowest BCUT2D eigenvalue weighted by Gasteiger charge is -2.25. The van der Waals surface area contributed by atoms with Gasteiger partial charge in [0.05, 0.1) is 0 Å². The van der Waals surface area contributed by atoms with Crippen molar-refractivity contribution < 1.29 is 30.0 Å². The number of aliphatic hydroxyl groups is 4. The summed E-state index contributed by atoms with van der Waals surface area (Å²) in [6.07, 6.45) is -7.15. The van der Waals surface area contributed by atoms with Crippen LogP contribution in [0.4, 0.5) is 0 Å². The minimum absolute atomic E-state index is 0.302. The molecule has 0 aromatic rings. The van der Waals surface area contributed by atoms with Gasteiger partial charge in [-0.1, -0.05) is 6.92 Å². The zero-order valence-corrected chi connectivity index (χ0v) is 10.3. The molecule has 0 aliphatic carbocycles. The highest BCUT2D eigenvalue weighted by atomic mass is 16.4. The predicted molar refractivity (Wildman–Crippen MR) is 61.4 cm³/mol. The predicted octanol–water partition coefficient (Wildman–Crippen LogP) is -3.30. The van der Waals surface area contributed by atoms with E-state index in [1.807, 2.05) is 0 Å². The molecule has 18 heavy (non-hydrogen) atoms. The molecule has 2 amide bonds. The Kier molecular flexibility index (Phi) is 7.44. The topological polar surface area (TPSA) is 139 Å². The third-order valence-electron chi connectivity index (χ3n) is 2.33. The molecule has 0 radical (unpaired) electrons. The van der Waals surface area contributed by atoms with E-state index in [-0.39, 0.29) is 0 Å². The number of hydrogen-bond acceptors (Lipinski definition) is 6. The van der Waals surface area contributed by atoms with Gasteiger partial charge in [0.1, 0.15) is 12.2 Å². The van der Waals surface area contributed by atoms with Crippen LogP contribution in [0.2, 0.25) is 0 Å². The monoisotopic (exact) mass is 264 g/mol. The Morgan fingerprint density at radius 2 is 1.44 bits per heavy atom. The van der Waals surface area contributed by atoms with Crippen LogP contribution in [-0.2, 0) is 9.59 Å². The van der Waals surface area contributed by atoms with Crippen LogP contribution in [0.3, 0.4) is 0 Å². The second-order valence-corrected chi connectivity index (χ2v) is 3.78. The molecular formula is C10H20N2O6. The average molecular weight is 264 g/mol. The van der Waals surface area contributed by atoms with Crippen LogP contribution < -0.4 is 10.6 Å². The molecule has 106 valence electrons. The van der Waals surface area contributed by atoms with Crippen LogP contribution in [0.5, 0.6) is 0 Å². The van der Waals surface area contributed by atoms with E-state index in [2.05, 4.69) is 10.6 Å². The maximum Gasteiger partial charge on any atom is 0.251 e. The van der Waals surface area contributed by atoms with Crippen LogP contribution in [0.15, 0.2) is 0 Å². The first-order valence-electron chi connectivity index (χ1n) is 5.58. The van der Waals surface area contributed by atoms with E-state index in [1.54, 1.807) is 6.92 Å². The summed E-state index contributed by atoms with van der Waals surface area (Å²) < 4.78 is 0. The molecule has 0 aromatic heterocycles. The molecule has 0 saturated heterocycles. The van der Waals surface area contributed by atoms with Crippen molar-refractivity contribution in [2.24, 2.45) is 0 Å². The molecule has 8 heteroatoms. The van der Waals surface area contributed by atoms with Crippen molar-refractivity contribution in [1.29, 1.82) is 0 Å². The maximum atomic E-state index is 11.3. The molecule has 0 bridgehead atoms. The van der Waals surface area contributed by atoms with E-state index in [0.29, 0.717) is 13.0 Å². The van der Waals surface area contributed by atoms with Gasteiger partial charge in [0.15, 0.2) is 12.2 Å². The molecule has 0 heterocycles. The molecule has 8 nitrogen and oxygen atoms in total. The van der Waals surface area contributed by atoms with Gasteiger partial charge in [0, 0.05) is 13.6 Å². The summed E-state index contributed by atoms with van der Waals surface area (Å²) in [4.78, 5) is 22.3. The molecule has 0 unspecified atom stereocenters. The Bertz CT molecular complexity index is 286. The molecule has 0 aromatic carbocycles. The van der Waals surface area contributed by atoms with Crippen molar-refractivity contribution in [3.05, 3.63) is 0 Å². The lowest BCUT2D eigenvalue weighted by Crippen LogP contribution is -2.54. The van der Waals surface area contributed by atoms with Gasteiger partial charge in [-0.25, -0.2) is 0 Å². The molecule has 0 spiro atoms. The molecule has 0 aliphatic heterocycles. The molecule has 0 fully saturated rings. The summed E-state index contributed by atoms with van der Waals surface area (Å²) in [5.74, 6) is -1.81. The first-order valence-corrected chi connectivity index (χ1v) is 5.58. The fourth-order valence-electron chi connectivity index (χ4n) is 1.18. The molecule has 0 rings (SSSR count). The zero-order valence-electron chi connectivity index (χ0n) is 10.3.